The summed E-state index contributed by atoms with van der Waals surface area (Å²) in [5, 5.41) is 9.27. The number of aliphatic hydroxyl groups excluding tert-OH is 1. The molecule has 3 heteroatoms. The molecule has 3 nitrogen and oxygen atoms in total. The van der Waals surface area contributed by atoms with Crippen LogP contribution in [0.2, 0.25) is 0 Å². The summed E-state index contributed by atoms with van der Waals surface area (Å²) < 4.78 is 5.56. The average molecular weight is 209 g/mol. The number of hydrogen-bond acceptors (Lipinski definition) is 3. The smallest absolute Gasteiger partial charge is 0.118 e. The molecule has 2 heterocycles. The maximum atomic E-state index is 9.27. The van der Waals surface area contributed by atoms with E-state index in [0.717, 1.165) is 31.0 Å². The third-order valence-electron chi connectivity index (χ3n) is 3.11. The van der Waals surface area contributed by atoms with Crippen molar-refractivity contribution in [3.8, 4) is 0 Å². The Kier molecular flexibility index (Phi) is 3.44. The van der Waals surface area contributed by atoms with Crippen LogP contribution in [0.4, 0.5) is 0 Å². The summed E-state index contributed by atoms with van der Waals surface area (Å²) >= 11 is 0. The first kappa shape index (κ1) is 10.7. The Morgan fingerprint density at radius 3 is 3.00 bits per heavy atom. The molecule has 1 atom stereocenters. The first-order chi connectivity index (χ1) is 7.29. The lowest BCUT2D eigenvalue weighted by Gasteiger charge is -2.33. The van der Waals surface area contributed by atoms with Gasteiger partial charge in [-0.2, -0.15) is 0 Å². The Labute approximate surface area is 90.7 Å². The van der Waals surface area contributed by atoms with Gasteiger partial charge in [0, 0.05) is 6.04 Å². The van der Waals surface area contributed by atoms with Crippen LogP contribution in [0.15, 0.2) is 16.5 Å². The van der Waals surface area contributed by atoms with Crippen molar-refractivity contribution in [1.29, 1.82) is 0 Å². The lowest BCUT2D eigenvalue weighted by Crippen LogP contribution is -2.41. The Morgan fingerprint density at radius 2 is 2.33 bits per heavy atom. The van der Waals surface area contributed by atoms with Crippen molar-refractivity contribution in [3.05, 3.63) is 23.7 Å². The molecule has 0 radical (unpaired) electrons. The molecule has 0 spiro atoms. The first-order valence-electron chi connectivity index (χ1n) is 5.70. The quantitative estimate of drug-likeness (QED) is 0.826. The Morgan fingerprint density at radius 1 is 1.47 bits per heavy atom. The fourth-order valence-corrected chi connectivity index (χ4v) is 2.25. The van der Waals surface area contributed by atoms with Crippen molar-refractivity contribution in [2.24, 2.45) is 0 Å². The molecular formula is C12H19NO2. The number of nitrogens with zero attached hydrogens (tertiary/aromatic N) is 1. The monoisotopic (exact) mass is 209 g/mol. The zero-order valence-electron chi connectivity index (χ0n) is 9.28. The normalized spacial score (nSPS) is 23.2. The minimum absolute atomic E-state index is 0.264. The van der Waals surface area contributed by atoms with Gasteiger partial charge >= 0.3 is 0 Å². The number of piperidine rings is 1. The topological polar surface area (TPSA) is 36.6 Å². The van der Waals surface area contributed by atoms with E-state index in [9.17, 15) is 5.11 Å². The molecular weight excluding hydrogens is 190 g/mol. The maximum absolute atomic E-state index is 9.27. The molecule has 15 heavy (non-hydrogen) atoms. The molecule has 1 aromatic rings. The molecule has 1 aliphatic heterocycles. The predicted molar refractivity (Wildman–Crippen MR) is 58.6 cm³/mol. The van der Waals surface area contributed by atoms with Crippen LogP contribution in [0.25, 0.3) is 0 Å². The Balaban J connectivity index is 1.97. The van der Waals surface area contributed by atoms with E-state index in [4.69, 9.17) is 4.42 Å². The molecule has 0 aromatic carbocycles. The highest BCUT2D eigenvalue weighted by Crippen LogP contribution is 2.20. The number of hydrogen-bond donors (Lipinski definition) is 1. The van der Waals surface area contributed by atoms with Gasteiger partial charge in [0.05, 0.1) is 13.2 Å². The van der Waals surface area contributed by atoms with Gasteiger partial charge in [0.1, 0.15) is 11.5 Å². The molecule has 1 fully saturated rings. The zero-order chi connectivity index (χ0) is 10.7. The third-order valence-corrected chi connectivity index (χ3v) is 3.11. The van der Waals surface area contributed by atoms with E-state index >= 15 is 0 Å². The standard InChI is InChI=1S/C12H19NO2/c1-10-5-6-12(15-10)8-13-7-3-2-4-11(13)9-14/h5-6,11,14H,2-4,7-9H2,1H3. The van der Waals surface area contributed by atoms with Gasteiger partial charge < -0.3 is 9.52 Å². The average Bonchev–Trinajstić information content (AvgIpc) is 2.65. The van der Waals surface area contributed by atoms with E-state index in [1.54, 1.807) is 0 Å². The van der Waals surface area contributed by atoms with Gasteiger partial charge in [0.2, 0.25) is 0 Å². The molecule has 1 aromatic heterocycles. The minimum Gasteiger partial charge on any atom is -0.465 e. The highest BCUT2D eigenvalue weighted by molar-refractivity contribution is 5.05. The van der Waals surface area contributed by atoms with Gasteiger partial charge in [0.15, 0.2) is 0 Å². The lowest BCUT2D eigenvalue weighted by atomic mass is 10.0. The molecule has 0 bridgehead atoms. The fraction of sp³-hybridized carbons (Fsp3) is 0.667. The van der Waals surface area contributed by atoms with Crippen molar-refractivity contribution in [2.45, 2.75) is 38.8 Å². The molecule has 1 saturated heterocycles. The third kappa shape index (κ3) is 2.61. The summed E-state index contributed by atoms with van der Waals surface area (Å²) in [4.78, 5) is 2.32. The fourth-order valence-electron chi connectivity index (χ4n) is 2.25. The molecule has 1 aliphatic rings. The van der Waals surface area contributed by atoms with Crippen molar-refractivity contribution >= 4 is 0 Å². The van der Waals surface area contributed by atoms with Gasteiger partial charge in [-0.05, 0) is 38.4 Å². The van der Waals surface area contributed by atoms with Gasteiger partial charge in [-0.25, -0.2) is 0 Å². The summed E-state index contributed by atoms with van der Waals surface area (Å²) in [6.45, 7) is 4.13. The lowest BCUT2D eigenvalue weighted by molar-refractivity contribution is 0.0781. The summed E-state index contributed by atoms with van der Waals surface area (Å²) in [6.07, 6.45) is 3.57. The SMILES string of the molecule is Cc1ccc(CN2CCCCC2CO)o1. The van der Waals surface area contributed by atoms with Crippen LogP contribution in [0.1, 0.15) is 30.8 Å². The number of aliphatic hydroxyl groups is 1. The highest BCUT2D eigenvalue weighted by atomic mass is 16.3. The Bertz CT molecular complexity index is 308. The number of aryl methyl sites for hydroxylation is 1. The summed E-state index contributed by atoms with van der Waals surface area (Å²) in [7, 11) is 0. The summed E-state index contributed by atoms with van der Waals surface area (Å²) in [6, 6.07) is 4.34. The second-order valence-corrected chi connectivity index (χ2v) is 4.32. The predicted octanol–water partition coefficient (Wildman–Crippen LogP) is 1.93. The van der Waals surface area contributed by atoms with Crippen molar-refractivity contribution in [2.75, 3.05) is 13.2 Å². The molecule has 0 amide bonds. The van der Waals surface area contributed by atoms with E-state index in [-0.39, 0.29) is 6.61 Å². The van der Waals surface area contributed by atoms with E-state index in [1.165, 1.54) is 12.8 Å². The van der Waals surface area contributed by atoms with E-state index in [2.05, 4.69) is 4.90 Å². The second kappa shape index (κ2) is 4.81. The highest BCUT2D eigenvalue weighted by Gasteiger charge is 2.22. The molecule has 1 N–H and O–H groups in total. The Hall–Kier alpha value is -0.800. The van der Waals surface area contributed by atoms with Crippen LogP contribution < -0.4 is 0 Å². The summed E-state index contributed by atoms with van der Waals surface area (Å²) in [5.41, 5.74) is 0. The molecule has 0 aliphatic carbocycles. The van der Waals surface area contributed by atoms with Crippen LogP contribution in [0.3, 0.4) is 0 Å². The van der Waals surface area contributed by atoms with Gasteiger partial charge in [-0.1, -0.05) is 6.42 Å². The molecule has 1 unspecified atom stereocenters. The molecule has 84 valence electrons. The minimum atomic E-state index is 0.264. The largest absolute Gasteiger partial charge is 0.465 e. The van der Waals surface area contributed by atoms with Crippen LogP contribution >= 0.6 is 0 Å². The van der Waals surface area contributed by atoms with Crippen molar-refractivity contribution < 1.29 is 9.52 Å². The van der Waals surface area contributed by atoms with E-state index in [0.29, 0.717) is 6.04 Å². The van der Waals surface area contributed by atoms with Crippen LogP contribution in [0.5, 0.6) is 0 Å². The van der Waals surface area contributed by atoms with Gasteiger partial charge in [0.25, 0.3) is 0 Å². The summed E-state index contributed by atoms with van der Waals surface area (Å²) in [5.74, 6) is 1.97. The molecule has 0 saturated carbocycles. The van der Waals surface area contributed by atoms with Crippen LogP contribution in [-0.4, -0.2) is 29.2 Å². The van der Waals surface area contributed by atoms with Crippen molar-refractivity contribution in [1.82, 2.24) is 4.90 Å². The second-order valence-electron chi connectivity index (χ2n) is 4.32. The number of furan rings is 1. The maximum Gasteiger partial charge on any atom is 0.118 e. The van der Waals surface area contributed by atoms with E-state index in [1.807, 2.05) is 19.1 Å². The van der Waals surface area contributed by atoms with Gasteiger partial charge in [-0.3, -0.25) is 4.90 Å². The van der Waals surface area contributed by atoms with Crippen LogP contribution in [0, 0.1) is 6.92 Å². The molecule has 2 rings (SSSR count). The number of likely N-dealkylation sites (tertiary alicyclic amines) is 1. The van der Waals surface area contributed by atoms with Gasteiger partial charge in [-0.15, -0.1) is 0 Å². The first-order valence-corrected chi connectivity index (χ1v) is 5.70. The zero-order valence-corrected chi connectivity index (χ0v) is 9.28. The van der Waals surface area contributed by atoms with Crippen molar-refractivity contribution in [3.63, 3.8) is 0 Å². The van der Waals surface area contributed by atoms with E-state index < -0.39 is 0 Å². The number of rotatable bonds is 3. The van der Waals surface area contributed by atoms with Crippen LogP contribution in [-0.2, 0) is 6.54 Å².